The van der Waals surface area contributed by atoms with Gasteiger partial charge < -0.3 is 9.64 Å². The first-order valence-electron chi connectivity index (χ1n) is 8.71. The summed E-state index contributed by atoms with van der Waals surface area (Å²) in [5.41, 5.74) is 0.737. The fourth-order valence-electron chi connectivity index (χ4n) is 3.71. The average Bonchev–Trinajstić information content (AvgIpc) is 2.88. The monoisotopic (exact) mass is 366 g/mol. The van der Waals surface area contributed by atoms with Crippen molar-refractivity contribution in [2.75, 3.05) is 36.6 Å². The van der Waals surface area contributed by atoms with E-state index in [1.54, 1.807) is 24.1 Å². The van der Waals surface area contributed by atoms with Crippen molar-refractivity contribution in [1.29, 1.82) is 0 Å². The number of carbonyl (C=O) groups excluding carboxylic acids is 1. The maximum Gasteiger partial charge on any atom is 0.241 e. The third-order valence-corrected chi connectivity index (χ3v) is 6.74. The van der Waals surface area contributed by atoms with Gasteiger partial charge in [0.25, 0.3) is 0 Å². The van der Waals surface area contributed by atoms with Gasteiger partial charge in [-0.15, -0.1) is 0 Å². The molecule has 0 saturated carbocycles. The molecule has 0 spiro atoms. The van der Waals surface area contributed by atoms with Crippen LogP contribution >= 0.6 is 0 Å². The van der Waals surface area contributed by atoms with Gasteiger partial charge in [0.15, 0.2) is 9.84 Å². The number of benzene rings is 1. The van der Waals surface area contributed by atoms with Crippen LogP contribution in [0.3, 0.4) is 0 Å². The van der Waals surface area contributed by atoms with Gasteiger partial charge in [-0.2, -0.15) is 0 Å². The number of carbonyl (C=O) groups is 1. The average molecular weight is 366 g/mol. The van der Waals surface area contributed by atoms with Crippen molar-refractivity contribution in [3.63, 3.8) is 0 Å². The van der Waals surface area contributed by atoms with Crippen molar-refractivity contribution in [2.24, 2.45) is 5.92 Å². The number of hydrogen-bond donors (Lipinski definition) is 0. The van der Waals surface area contributed by atoms with Gasteiger partial charge in [-0.25, -0.2) is 8.42 Å². The van der Waals surface area contributed by atoms with Crippen molar-refractivity contribution < 1.29 is 17.9 Å². The molecular formula is C18H26N2O4S. The molecule has 138 valence electrons. The molecule has 2 heterocycles. The standard InChI is InChI=1S/C18H26N2O4S/c1-13(2)8-9-19-10-18(21)20(14-4-6-15(24-3)7-5-14)17-12-25(22,23)11-16(17)19/h4-7,13,16-17H,8-12H2,1-3H3/t16-,17+/m0/s1. The molecule has 0 bridgehead atoms. The Morgan fingerprint density at radius 1 is 1.16 bits per heavy atom. The number of rotatable bonds is 5. The van der Waals surface area contributed by atoms with E-state index >= 15 is 0 Å². The van der Waals surface area contributed by atoms with Crippen molar-refractivity contribution >= 4 is 21.4 Å². The highest BCUT2D eigenvalue weighted by Gasteiger charge is 2.49. The normalized spacial score (nSPS) is 26.1. The highest BCUT2D eigenvalue weighted by molar-refractivity contribution is 7.91. The van der Waals surface area contributed by atoms with E-state index in [1.807, 2.05) is 12.1 Å². The first-order chi connectivity index (χ1) is 11.8. The lowest BCUT2D eigenvalue weighted by Crippen LogP contribution is -2.62. The van der Waals surface area contributed by atoms with Crippen LogP contribution in [-0.2, 0) is 14.6 Å². The van der Waals surface area contributed by atoms with Gasteiger partial charge in [-0.05, 0) is 43.1 Å². The maximum atomic E-state index is 12.8. The molecule has 2 aliphatic heterocycles. The van der Waals surface area contributed by atoms with E-state index < -0.39 is 9.84 Å². The van der Waals surface area contributed by atoms with Crippen molar-refractivity contribution in [1.82, 2.24) is 4.90 Å². The van der Waals surface area contributed by atoms with Crippen LogP contribution in [0.4, 0.5) is 5.69 Å². The maximum absolute atomic E-state index is 12.8. The lowest BCUT2D eigenvalue weighted by molar-refractivity contribution is -0.123. The third kappa shape index (κ3) is 3.82. The quantitative estimate of drug-likeness (QED) is 0.791. The molecule has 0 aliphatic carbocycles. The smallest absolute Gasteiger partial charge is 0.241 e. The summed E-state index contributed by atoms with van der Waals surface area (Å²) < 4.78 is 29.7. The summed E-state index contributed by atoms with van der Waals surface area (Å²) >= 11 is 0. The van der Waals surface area contributed by atoms with Crippen molar-refractivity contribution in [2.45, 2.75) is 32.4 Å². The van der Waals surface area contributed by atoms with Gasteiger partial charge in [0.1, 0.15) is 5.75 Å². The number of methoxy groups -OCH3 is 1. The third-order valence-electron chi connectivity index (χ3n) is 5.05. The first-order valence-corrected chi connectivity index (χ1v) is 10.5. The molecule has 6 nitrogen and oxygen atoms in total. The van der Waals surface area contributed by atoms with E-state index in [0.717, 1.165) is 18.7 Å². The van der Waals surface area contributed by atoms with E-state index in [9.17, 15) is 13.2 Å². The van der Waals surface area contributed by atoms with Crippen molar-refractivity contribution in [3.8, 4) is 5.75 Å². The summed E-state index contributed by atoms with van der Waals surface area (Å²) in [5, 5.41) is 0. The largest absolute Gasteiger partial charge is 0.497 e. The van der Waals surface area contributed by atoms with Crippen LogP contribution in [0.1, 0.15) is 20.3 Å². The highest BCUT2D eigenvalue weighted by Crippen LogP contribution is 2.32. The zero-order valence-electron chi connectivity index (χ0n) is 15.0. The van der Waals surface area contributed by atoms with Gasteiger partial charge >= 0.3 is 0 Å². The van der Waals surface area contributed by atoms with E-state index in [1.165, 1.54) is 0 Å². The molecule has 2 aliphatic rings. The molecule has 0 aromatic heterocycles. The summed E-state index contributed by atoms with van der Waals surface area (Å²) in [6, 6.07) is 6.80. The molecule has 7 heteroatoms. The molecule has 0 N–H and O–H groups in total. The molecule has 2 atom stereocenters. The van der Waals surface area contributed by atoms with Crippen molar-refractivity contribution in [3.05, 3.63) is 24.3 Å². The molecule has 0 unspecified atom stereocenters. The number of ether oxygens (including phenoxy) is 1. The molecular weight excluding hydrogens is 340 g/mol. The molecule has 25 heavy (non-hydrogen) atoms. The number of piperazine rings is 1. The lowest BCUT2D eigenvalue weighted by Gasteiger charge is -2.43. The van der Waals surface area contributed by atoms with Crippen LogP contribution in [0.5, 0.6) is 5.75 Å². The summed E-state index contributed by atoms with van der Waals surface area (Å²) in [5.74, 6) is 1.37. The number of hydrogen-bond acceptors (Lipinski definition) is 5. The first kappa shape index (κ1) is 18.2. The Balaban J connectivity index is 1.89. The van der Waals surface area contributed by atoms with Gasteiger partial charge in [-0.1, -0.05) is 13.8 Å². The minimum absolute atomic E-state index is 0.0349. The Morgan fingerprint density at radius 2 is 1.80 bits per heavy atom. The number of fused-ring (bicyclic) bond motifs is 1. The number of nitrogens with zero attached hydrogens (tertiary/aromatic N) is 2. The summed E-state index contributed by atoms with van der Waals surface area (Å²) in [6.07, 6.45) is 0.957. The molecule has 1 amide bonds. The lowest BCUT2D eigenvalue weighted by atomic mass is 10.0. The second-order valence-electron chi connectivity index (χ2n) is 7.33. The van der Waals surface area contributed by atoms with Gasteiger partial charge in [-0.3, -0.25) is 9.69 Å². The summed E-state index contributed by atoms with van der Waals surface area (Å²) in [6.45, 7) is 5.31. The molecule has 1 aromatic rings. The van der Waals surface area contributed by atoms with Gasteiger partial charge in [0.2, 0.25) is 5.91 Å². The topological polar surface area (TPSA) is 66.9 Å². The highest BCUT2D eigenvalue weighted by atomic mass is 32.2. The SMILES string of the molecule is COc1ccc(N2C(=O)CN(CCC(C)C)[C@H]3CS(=O)(=O)C[C@H]32)cc1. The Bertz CT molecular complexity index is 730. The fourth-order valence-corrected chi connectivity index (χ4v) is 5.69. The van der Waals surface area contributed by atoms with E-state index in [2.05, 4.69) is 18.7 Å². The molecule has 0 radical (unpaired) electrons. The summed E-state index contributed by atoms with van der Waals surface area (Å²) in [4.78, 5) is 16.6. The minimum Gasteiger partial charge on any atom is -0.497 e. The van der Waals surface area contributed by atoms with Crippen LogP contribution in [0.15, 0.2) is 24.3 Å². The van der Waals surface area contributed by atoms with E-state index in [4.69, 9.17) is 4.74 Å². The summed E-state index contributed by atoms with van der Waals surface area (Å²) in [7, 11) is -1.55. The fraction of sp³-hybridized carbons (Fsp3) is 0.611. The second-order valence-corrected chi connectivity index (χ2v) is 9.48. The van der Waals surface area contributed by atoms with Gasteiger partial charge in [0.05, 0.1) is 31.2 Å². The molecule has 2 saturated heterocycles. The van der Waals surface area contributed by atoms with Gasteiger partial charge in [0, 0.05) is 11.7 Å². The molecule has 1 aromatic carbocycles. The van der Waals surface area contributed by atoms with E-state index in [0.29, 0.717) is 11.7 Å². The van der Waals surface area contributed by atoms with Crippen LogP contribution in [0, 0.1) is 5.92 Å². The predicted octanol–water partition coefficient (Wildman–Crippen LogP) is 1.56. The van der Waals surface area contributed by atoms with Crippen LogP contribution in [0.25, 0.3) is 0 Å². The molecule has 3 rings (SSSR count). The van der Waals surface area contributed by atoms with Crippen LogP contribution in [0.2, 0.25) is 0 Å². The zero-order chi connectivity index (χ0) is 18.2. The second kappa shape index (κ2) is 6.96. The Kier molecular flexibility index (Phi) is 5.06. The zero-order valence-corrected chi connectivity index (χ0v) is 15.8. The Labute approximate surface area is 149 Å². The predicted molar refractivity (Wildman–Crippen MR) is 97.7 cm³/mol. The minimum atomic E-state index is -3.14. The number of sulfone groups is 1. The number of anilines is 1. The van der Waals surface area contributed by atoms with Crippen LogP contribution < -0.4 is 9.64 Å². The Morgan fingerprint density at radius 3 is 2.40 bits per heavy atom. The molecule has 2 fully saturated rings. The number of amides is 1. The Hall–Kier alpha value is -1.60. The van der Waals surface area contributed by atoms with Crippen LogP contribution in [-0.4, -0.2) is 63.0 Å². The van der Waals surface area contributed by atoms with E-state index in [-0.39, 0.29) is 36.0 Å².